The second-order valence-electron chi connectivity index (χ2n) is 6.40. The zero-order valence-corrected chi connectivity index (χ0v) is 14.1. The molecule has 0 aliphatic carbocycles. The first-order valence-corrected chi connectivity index (χ1v) is 8.65. The number of aromatic nitrogens is 2. The number of nitriles is 1. The Balaban J connectivity index is 1.45. The SMILES string of the molecule is N#Cc1ccc(N2CCc3c(ncn3CCc3ccccc3)C2)cc1. The van der Waals surface area contributed by atoms with E-state index in [9.17, 15) is 0 Å². The minimum Gasteiger partial charge on any atom is -0.365 e. The van der Waals surface area contributed by atoms with E-state index in [0.717, 1.165) is 38.2 Å². The Hall–Kier alpha value is -3.06. The van der Waals surface area contributed by atoms with E-state index in [4.69, 9.17) is 5.26 Å². The highest BCUT2D eigenvalue weighted by atomic mass is 15.2. The van der Waals surface area contributed by atoms with Crippen molar-refractivity contribution in [2.75, 3.05) is 11.4 Å². The first-order valence-electron chi connectivity index (χ1n) is 8.65. The van der Waals surface area contributed by atoms with Crippen molar-refractivity contribution in [2.24, 2.45) is 0 Å². The van der Waals surface area contributed by atoms with Gasteiger partial charge in [0, 0.05) is 30.9 Å². The van der Waals surface area contributed by atoms with Gasteiger partial charge in [0.1, 0.15) is 0 Å². The molecular weight excluding hydrogens is 308 g/mol. The van der Waals surface area contributed by atoms with E-state index in [1.165, 1.54) is 17.0 Å². The number of hydrogen-bond donors (Lipinski definition) is 0. The van der Waals surface area contributed by atoms with Gasteiger partial charge in [0.05, 0.1) is 30.2 Å². The van der Waals surface area contributed by atoms with Gasteiger partial charge in [-0.2, -0.15) is 5.26 Å². The van der Waals surface area contributed by atoms with Crippen molar-refractivity contribution in [1.29, 1.82) is 5.26 Å². The van der Waals surface area contributed by atoms with Gasteiger partial charge in [-0.05, 0) is 36.2 Å². The molecular formula is C21H20N4. The summed E-state index contributed by atoms with van der Waals surface area (Å²) in [4.78, 5) is 6.98. The molecule has 0 fully saturated rings. The summed E-state index contributed by atoms with van der Waals surface area (Å²) in [5.41, 5.74) is 5.75. The molecule has 0 bridgehead atoms. The molecule has 2 aromatic carbocycles. The number of imidazole rings is 1. The molecule has 0 saturated heterocycles. The fourth-order valence-corrected chi connectivity index (χ4v) is 3.42. The third-order valence-corrected chi connectivity index (χ3v) is 4.84. The lowest BCUT2D eigenvalue weighted by atomic mass is 10.1. The Bertz CT molecular complexity index is 888. The molecule has 4 nitrogen and oxygen atoms in total. The molecule has 0 amide bonds. The van der Waals surface area contributed by atoms with Gasteiger partial charge in [-0.3, -0.25) is 0 Å². The summed E-state index contributed by atoms with van der Waals surface area (Å²) >= 11 is 0. The molecule has 0 atom stereocenters. The van der Waals surface area contributed by atoms with Crippen molar-refractivity contribution in [1.82, 2.24) is 9.55 Å². The minimum absolute atomic E-state index is 0.701. The van der Waals surface area contributed by atoms with Crippen LogP contribution in [0.25, 0.3) is 0 Å². The van der Waals surface area contributed by atoms with Crippen molar-refractivity contribution in [3.8, 4) is 6.07 Å². The van der Waals surface area contributed by atoms with E-state index < -0.39 is 0 Å². The van der Waals surface area contributed by atoms with Crippen molar-refractivity contribution in [3.05, 3.63) is 83.4 Å². The summed E-state index contributed by atoms with van der Waals surface area (Å²) in [5, 5.41) is 8.93. The maximum atomic E-state index is 8.93. The highest BCUT2D eigenvalue weighted by molar-refractivity contribution is 5.51. The molecule has 1 aliphatic heterocycles. The van der Waals surface area contributed by atoms with Crippen LogP contribution in [0, 0.1) is 11.3 Å². The van der Waals surface area contributed by atoms with Crippen molar-refractivity contribution in [2.45, 2.75) is 25.9 Å². The zero-order chi connectivity index (χ0) is 17.1. The van der Waals surface area contributed by atoms with Crippen LogP contribution in [0.3, 0.4) is 0 Å². The molecule has 0 spiro atoms. The molecule has 0 N–H and O–H groups in total. The molecule has 4 heteroatoms. The number of anilines is 1. The minimum atomic E-state index is 0.701. The van der Waals surface area contributed by atoms with Crippen LogP contribution in [0.5, 0.6) is 0 Å². The van der Waals surface area contributed by atoms with Gasteiger partial charge in [0.15, 0.2) is 0 Å². The Morgan fingerprint density at radius 2 is 1.84 bits per heavy atom. The van der Waals surface area contributed by atoms with Crippen LogP contribution in [-0.2, 0) is 25.9 Å². The van der Waals surface area contributed by atoms with Crippen molar-refractivity contribution in [3.63, 3.8) is 0 Å². The van der Waals surface area contributed by atoms with Gasteiger partial charge in [0.2, 0.25) is 0 Å². The van der Waals surface area contributed by atoms with Gasteiger partial charge in [-0.15, -0.1) is 0 Å². The number of hydrogen-bond acceptors (Lipinski definition) is 3. The summed E-state index contributed by atoms with van der Waals surface area (Å²) in [7, 11) is 0. The van der Waals surface area contributed by atoms with Crippen LogP contribution >= 0.6 is 0 Å². The third-order valence-electron chi connectivity index (χ3n) is 4.84. The molecule has 2 heterocycles. The maximum Gasteiger partial charge on any atom is 0.0991 e. The van der Waals surface area contributed by atoms with Gasteiger partial charge < -0.3 is 9.47 Å². The number of nitrogens with zero attached hydrogens (tertiary/aromatic N) is 4. The fourth-order valence-electron chi connectivity index (χ4n) is 3.42. The molecule has 3 aromatic rings. The van der Waals surface area contributed by atoms with E-state index >= 15 is 0 Å². The molecule has 1 aliphatic rings. The third kappa shape index (κ3) is 3.27. The largest absolute Gasteiger partial charge is 0.365 e. The van der Waals surface area contributed by atoms with Crippen LogP contribution in [-0.4, -0.2) is 16.1 Å². The summed E-state index contributed by atoms with van der Waals surface area (Å²) in [6, 6.07) is 20.6. The van der Waals surface area contributed by atoms with Gasteiger partial charge in [-0.25, -0.2) is 4.98 Å². The molecule has 25 heavy (non-hydrogen) atoms. The Morgan fingerprint density at radius 1 is 1.04 bits per heavy atom. The zero-order valence-electron chi connectivity index (χ0n) is 14.1. The summed E-state index contributed by atoms with van der Waals surface area (Å²) in [6.07, 6.45) is 4.02. The quantitative estimate of drug-likeness (QED) is 0.735. The molecule has 0 saturated carbocycles. The number of benzene rings is 2. The normalized spacial score (nSPS) is 13.3. The number of fused-ring (bicyclic) bond motifs is 1. The van der Waals surface area contributed by atoms with Gasteiger partial charge >= 0.3 is 0 Å². The second-order valence-corrected chi connectivity index (χ2v) is 6.40. The molecule has 4 rings (SSSR count). The highest BCUT2D eigenvalue weighted by Crippen LogP contribution is 2.24. The number of rotatable bonds is 4. The molecule has 0 unspecified atom stereocenters. The lowest BCUT2D eigenvalue weighted by Crippen LogP contribution is -2.31. The van der Waals surface area contributed by atoms with E-state index in [-0.39, 0.29) is 0 Å². The Labute approximate surface area is 148 Å². The van der Waals surface area contributed by atoms with E-state index in [2.05, 4.69) is 50.9 Å². The monoisotopic (exact) mass is 328 g/mol. The first kappa shape index (κ1) is 15.5. The van der Waals surface area contributed by atoms with E-state index in [1.54, 1.807) is 0 Å². The van der Waals surface area contributed by atoms with Crippen LogP contribution in [0.2, 0.25) is 0 Å². The summed E-state index contributed by atoms with van der Waals surface area (Å²) in [6.45, 7) is 2.79. The van der Waals surface area contributed by atoms with Gasteiger partial charge in [0.25, 0.3) is 0 Å². The van der Waals surface area contributed by atoms with Crippen molar-refractivity contribution >= 4 is 5.69 Å². The Morgan fingerprint density at radius 3 is 2.60 bits per heavy atom. The second kappa shape index (κ2) is 6.82. The highest BCUT2D eigenvalue weighted by Gasteiger charge is 2.21. The van der Waals surface area contributed by atoms with E-state index in [1.807, 2.05) is 30.6 Å². The summed E-state index contributed by atoms with van der Waals surface area (Å²) < 4.78 is 2.30. The Kier molecular flexibility index (Phi) is 4.22. The maximum absolute atomic E-state index is 8.93. The topological polar surface area (TPSA) is 44.9 Å². The van der Waals surface area contributed by atoms with Gasteiger partial charge in [-0.1, -0.05) is 30.3 Å². The standard InChI is InChI=1S/C21H20N4/c22-14-18-6-8-19(9-7-18)24-13-11-21-20(15-24)23-16-25(21)12-10-17-4-2-1-3-5-17/h1-9,16H,10-13,15H2. The summed E-state index contributed by atoms with van der Waals surface area (Å²) in [5.74, 6) is 0. The average Bonchev–Trinajstić information content (AvgIpc) is 3.09. The van der Waals surface area contributed by atoms with Crippen LogP contribution in [0.4, 0.5) is 5.69 Å². The molecule has 1 aromatic heterocycles. The van der Waals surface area contributed by atoms with E-state index in [0.29, 0.717) is 5.56 Å². The average molecular weight is 328 g/mol. The smallest absolute Gasteiger partial charge is 0.0991 e. The van der Waals surface area contributed by atoms with Crippen molar-refractivity contribution < 1.29 is 0 Å². The van der Waals surface area contributed by atoms with Crippen LogP contribution in [0.15, 0.2) is 60.9 Å². The predicted octanol–water partition coefficient (Wildman–Crippen LogP) is 3.56. The lowest BCUT2D eigenvalue weighted by molar-refractivity contribution is 0.625. The lowest BCUT2D eigenvalue weighted by Gasteiger charge is -2.29. The van der Waals surface area contributed by atoms with Crippen LogP contribution < -0.4 is 4.90 Å². The van der Waals surface area contributed by atoms with Crippen LogP contribution in [0.1, 0.15) is 22.5 Å². The molecule has 0 radical (unpaired) electrons. The number of aryl methyl sites for hydroxylation is 2. The fraction of sp³-hybridized carbons (Fsp3) is 0.238. The first-order chi connectivity index (χ1) is 12.3. The predicted molar refractivity (Wildman–Crippen MR) is 98.3 cm³/mol. The molecule has 124 valence electrons.